The van der Waals surface area contributed by atoms with Crippen LogP contribution in [0.1, 0.15) is 5.56 Å². The normalized spacial score (nSPS) is 11.2. The van der Waals surface area contributed by atoms with Gasteiger partial charge in [0.25, 0.3) is 0 Å². The molecule has 58 valence electrons. The summed E-state index contributed by atoms with van der Waals surface area (Å²) in [5.74, 6) is 0. The van der Waals surface area contributed by atoms with E-state index in [1.807, 2.05) is 0 Å². The molecule has 0 saturated carbocycles. The van der Waals surface area contributed by atoms with E-state index in [-0.39, 0.29) is 0 Å². The number of hydrogen-bond donors (Lipinski definition) is 0. The Hall–Kier alpha value is 0.620. The first-order valence-corrected chi connectivity index (χ1v) is 6.24. The van der Waals surface area contributed by atoms with Crippen LogP contribution in [0.15, 0.2) is 13.6 Å². The van der Waals surface area contributed by atoms with E-state index in [0.29, 0.717) is 0 Å². The standard InChI is InChI=1S/C7H4Br2S2/c1-3-6-4(10-7(3)9)2-5(8)11-6/h2H,1H3. The SMILES string of the molecule is Cc1c(Br)sc2cc(Br)sc12. The molecule has 0 nitrogen and oxygen atoms in total. The predicted octanol–water partition coefficient (Wildman–Crippen LogP) is 4.80. The second-order valence-corrected chi connectivity index (χ2v) is 7.05. The average molecular weight is 312 g/mol. The Balaban J connectivity index is 2.88. The molecule has 0 atom stereocenters. The predicted molar refractivity (Wildman–Crippen MR) is 59.8 cm³/mol. The van der Waals surface area contributed by atoms with Gasteiger partial charge in [-0.2, -0.15) is 0 Å². The highest BCUT2D eigenvalue weighted by atomic mass is 79.9. The monoisotopic (exact) mass is 310 g/mol. The highest BCUT2D eigenvalue weighted by Gasteiger charge is 2.08. The Morgan fingerprint density at radius 1 is 1.27 bits per heavy atom. The molecule has 0 fully saturated rings. The molecule has 0 saturated heterocycles. The van der Waals surface area contributed by atoms with Crippen LogP contribution in [0.3, 0.4) is 0 Å². The molecule has 0 spiro atoms. The Bertz CT molecular complexity index is 400. The van der Waals surface area contributed by atoms with Crippen LogP contribution in [-0.2, 0) is 0 Å². The minimum Gasteiger partial charge on any atom is -0.127 e. The van der Waals surface area contributed by atoms with Gasteiger partial charge in [-0.15, -0.1) is 22.7 Å². The Labute approximate surface area is 89.5 Å². The molecule has 11 heavy (non-hydrogen) atoms. The minimum absolute atomic E-state index is 1.22. The lowest BCUT2D eigenvalue weighted by Gasteiger charge is -1.82. The van der Waals surface area contributed by atoms with E-state index in [2.05, 4.69) is 44.8 Å². The van der Waals surface area contributed by atoms with Crippen molar-refractivity contribution >= 4 is 63.9 Å². The van der Waals surface area contributed by atoms with Crippen molar-refractivity contribution in [2.45, 2.75) is 6.92 Å². The molecule has 2 rings (SSSR count). The fourth-order valence-corrected chi connectivity index (χ4v) is 4.71. The third kappa shape index (κ3) is 1.30. The second-order valence-electron chi connectivity index (χ2n) is 2.24. The van der Waals surface area contributed by atoms with Gasteiger partial charge in [-0.3, -0.25) is 0 Å². The fourth-order valence-electron chi connectivity index (χ4n) is 0.945. The van der Waals surface area contributed by atoms with Gasteiger partial charge in [0.2, 0.25) is 0 Å². The van der Waals surface area contributed by atoms with E-state index in [9.17, 15) is 0 Å². The smallest absolute Gasteiger partial charge is 0.0748 e. The van der Waals surface area contributed by atoms with E-state index in [1.165, 1.54) is 22.5 Å². The number of fused-ring (bicyclic) bond motifs is 1. The van der Waals surface area contributed by atoms with E-state index < -0.39 is 0 Å². The molecule has 0 N–H and O–H groups in total. The highest BCUT2D eigenvalue weighted by molar-refractivity contribution is 9.11. The number of thiophene rings is 2. The third-order valence-electron chi connectivity index (χ3n) is 1.50. The van der Waals surface area contributed by atoms with Crippen molar-refractivity contribution in [1.82, 2.24) is 0 Å². The Morgan fingerprint density at radius 2 is 2.00 bits per heavy atom. The maximum atomic E-state index is 3.52. The molecule has 0 bridgehead atoms. The van der Waals surface area contributed by atoms with Crippen LogP contribution in [-0.4, -0.2) is 0 Å². The summed E-state index contributed by atoms with van der Waals surface area (Å²) in [6.45, 7) is 2.14. The summed E-state index contributed by atoms with van der Waals surface area (Å²) in [6, 6.07) is 2.17. The molecule has 0 radical (unpaired) electrons. The first-order chi connectivity index (χ1) is 5.18. The molecule has 2 aromatic rings. The molecule has 0 unspecified atom stereocenters. The number of halogens is 2. The third-order valence-corrected chi connectivity index (χ3v) is 5.50. The summed E-state index contributed by atoms with van der Waals surface area (Å²) in [6.07, 6.45) is 0. The lowest BCUT2D eigenvalue weighted by Crippen LogP contribution is -1.58. The van der Waals surface area contributed by atoms with Crippen molar-refractivity contribution in [3.8, 4) is 0 Å². The van der Waals surface area contributed by atoms with Gasteiger partial charge >= 0.3 is 0 Å². The first kappa shape index (κ1) is 8.23. The van der Waals surface area contributed by atoms with Gasteiger partial charge in [0.05, 0.1) is 12.3 Å². The Kier molecular flexibility index (Phi) is 2.12. The minimum atomic E-state index is 1.22. The molecular weight excluding hydrogens is 308 g/mol. The summed E-state index contributed by atoms with van der Waals surface area (Å²) in [5, 5.41) is 0. The van der Waals surface area contributed by atoms with Crippen molar-refractivity contribution in [2.75, 3.05) is 0 Å². The van der Waals surface area contributed by atoms with Gasteiger partial charge in [-0.05, 0) is 50.4 Å². The molecule has 4 heteroatoms. The lowest BCUT2D eigenvalue weighted by molar-refractivity contribution is 1.59. The van der Waals surface area contributed by atoms with E-state index in [4.69, 9.17) is 0 Å². The molecular formula is C7H4Br2S2. The van der Waals surface area contributed by atoms with Gasteiger partial charge < -0.3 is 0 Å². The van der Waals surface area contributed by atoms with Crippen molar-refractivity contribution < 1.29 is 0 Å². The van der Waals surface area contributed by atoms with Gasteiger partial charge in [-0.25, -0.2) is 0 Å². The number of aryl methyl sites for hydroxylation is 1. The quantitative estimate of drug-likeness (QED) is 0.656. The maximum Gasteiger partial charge on any atom is 0.0748 e. The fraction of sp³-hybridized carbons (Fsp3) is 0.143. The number of rotatable bonds is 0. The zero-order valence-electron chi connectivity index (χ0n) is 5.65. The molecule has 0 aliphatic rings. The maximum absolute atomic E-state index is 3.52. The van der Waals surface area contributed by atoms with Crippen LogP contribution in [0.4, 0.5) is 0 Å². The Morgan fingerprint density at radius 3 is 2.64 bits per heavy atom. The zero-order chi connectivity index (χ0) is 8.01. The molecule has 0 aliphatic heterocycles. The summed E-state index contributed by atoms with van der Waals surface area (Å²) in [7, 11) is 0. The van der Waals surface area contributed by atoms with Crippen LogP contribution in [0, 0.1) is 6.92 Å². The van der Waals surface area contributed by atoms with E-state index in [1.54, 1.807) is 22.7 Å². The first-order valence-electron chi connectivity index (χ1n) is 3.02. The summed E-state index contributed by atoms with van der Waals surface area (Å²) in [4.78, 5) is 0. The summed E-state index contributed by atoms with van der Waals surface area (Å²) >= 11 is 10.6. The zero-order valence-corrected chi connectivity index (χ0v) is 10.5. The molecule has 0 aromatic carbocycles. The van der Waals surface area contributed by atoms with Crippen molar-refractivity contribution in [3.63, 3.8) is 0 Å². The van der Waals surface area contributed by atoms with Crippen molar-refractivity contribution in [1.29, 1.82) is 0 Å². The van der Waals surface area contributed by atoms with Crippen LogP contribution in [0.5, 0.6) is 0 Å². The van der Waals surface area contributed by atoms with Crippen molar-refractivity contribution in [3.05, 3.63) is 19.2 Å². The van der Waals surface area contributed by atoms with Gasteiger partial charge in [0.15, 0.2) is 0 Å². The van der Waals surface area contributed by atoms with Crippen LogP contribution in [0.2, 0.25) is 0 Å². The van der Waals surface area contributed by atoms with Crippen LogP contribution < -0.4 is 0 Å². The molecule has 0 aliphatic carbocycles. The van der Waals surface area contributed by atoms with Crippen LogP contribution >= 0.6 is 54.5 Å². The van der Waals surface area contributed by atoms with Gasteiger partial charge in [-0.1, -0.05) is 0 Å². The summed E-state index contributed by atoms with van der Waals surface area (Å²) in [5.41, 5.74) is 1.36. The second kappa shape index (κ2) is 2.83. The lowest BCUT2D eigenvalue weighted by atomic mass is 10.4. The van der Waals surface area contributed by atoms with E-state index in [0.717, 1.165) is 0 Å². The molecule has 2 heterocycles. The van der Waals surface area contributed by atoms with Crippen molar-refractivity contribution in [2.24, 2.45) is 0 Å². The van der Waals surface area contributed by atoms with Gasteiger partial charge in [0.1, 0.15) is 0 Å². The largest absolute Gasteiger partial charge is 0.127 e. The average Bonchev–Trinajstić information content (AvgIpc) is 2.37. The van der Waals surface area contributed by atoms with E-state index >= 15 is 0 Å². The molecule has 2 aromatic heterocycles. The molecule has 0 amide bonds. The van der Waals surface area contributed by atoms with Gasteiger partial charge in [0, 0.05) is 4.70 Å². The van der Waals surface area contributed by atoms with Crippen LogP contribution in [0.25, 0.3) is 9.40 Å². The summed E-state index contributed by atoms with van der Waals surface area (Å²) < 4.78 is 5.24. The highest BCUT2D eigenvalue weighted by Crippen LogP contribution is 2.41. The topological polar surface area (TPSA) is 0 Å². The number of hydrogen-bond acceptors (Lipinski definition) is 2.